The van der Waals surface area contributed by atoms with E-state index in [4.69, 9.17) is 0 Å². The SMILES string of the molecule is CC(C)C(=O)N(C)Cc1ccc(C(=O)N2CCNCC2c2cccc(F)c2)cc1.Cl. The van der Waals surface area contributed by atoms with Crippen molar-refractivity contribution in [3.05, 3.63) is 71.0 Å². The molecule has 1 fully saturated rings. The van der Waals surface area contributed by atoms with E-state index in [2.05, 4.69) is 5.32 Å². The standard InChI is InChI=1S/C23H28FN3O2.ClH/c1-16(2)22(28)26(3)15-17-7-9-18(10-8-17)23(29)27-12-11-25-14-21(27)19-5-4-6-20(24)13-19;/h4-10,13,16,21,25H,11-12,14-15H2,1-3H3;1H. The molecule has 5 nitrogen and oxygen atoms in total. The zero-order valence-electron chi connectivity index (χ0n) is 17.6. The molecule has 2 amide bonds. The highest BCUT2D eigenvalue weighted by molar-refractivity contribution is 5.94. The van der Waals surface area contributed by atoms with Crippen molar-refractivity contribution >= 4 is 24.2 Å². The normalized spacial score (nSPS) is 16.2. The number of rotatable bonds is 5. The van der Waals surface area contributed by atoms with Gasteiger partial charge in [0.15, 0.2) is 0 Å². The van der Waals surface area contributed by atoms with E-state index in [9.17, 15) is 14.0 Å². The van der Waals surface area contributed by atoms with Gasteiger partial charge in [-0.15, -0.1) is 12.4 Å². The fraction of sp³-hybridized carbons (Fsp3) is 0.391. The number of carbonyl (C=O) groups excluding carboxylic acids is 2. The van der Waals surface area contributed by atoms with E-state index in [1.54, 1.807) is 35.0 Å². The van der Waals surface area contributed by atoms with E-state index in [1.807, 2.05) is 32.0 Å². The Morgan fingerprint density at radius 2 is 1.90 bits per heavy atom. The van der Waals surface area contributed by atoms with Crippen LogP contribution in [-0.2, 0) is 11.3 Å². The summed E-state index contributed by atoms with van der Waals surface area (Å²) in [7, 11) is 1.78. The Morgan fingerprint density at radius 1 is 1.20 bits per heavy atom. The van der Waals surface area contributed by atoms with Gasteiger partial charge in [0, 0.05) is 44.7 Å². The predicted octanol–water partition coefficient (Wildman–Crippen LogP) is 3.65. The maximum atomic E-state index is 13.7. The second-order valence-corrected chi connectivity index (χ2v) is 7.82. The maximum absolute atomic E-state index is 13.7. The minimum absolute atomic E-state index is 0. The van der Waals surface area contributed by atoms with Crippen molar-refractivity contribution in [3.63, 3.8) is 0 Å². The van der Waals surface area contributed by atoms with Crippen LogP contribution in [0, 0.1) is 11.7 Å². The van der Waals surface area contributed by atoms with Crippen LogP contribution in [0.1, 0.15) is 41.4 Å². The van der Waals surface area contributed by atoms with E-state index in [1.165, 1.54) is 12.1 Å². The molecule has 1 saturated heterocycles. The Labute approximate surface area is 183 Å². The highest BCUT2D eigenvalue weighted by atomic mass is 35.5. The molecule has 0 aliphatic carbocycles. The number of halogens is 2. The van der Waals surface area contributed by atoms with Gasteiger partial charge in [0.05, 0.1) is 6.04 Å². The summed E-state index contributed by atoms with van der Waals surface area (Å²) < 4.78 is 13.7. The second kappa shape index (κ2) is 10.5. The minimum Gasteiger partial charge on any atom is -0.341 e. The average Bonchev–Trinajstić information content (AvgIpc) is 2.73. The molecule has 0 bridgehead atoms. The summed E-state index contributed by atoms with van der Waals surface area (Å²) >= 11 is 0. The number of benzene rings is 2. The molecule has 0 saturated carbocycles. The van der Waals surface area contributed by atoms with Crippen molar-refractivity contribution in [3.8, 4) is 0 Å². The monoisotopic (exact) mass is 433 g/mol. The lowest BCUT2D eigenvalue weighted by molar-refractivity contribution is -0.133. The van der Waals surface area contributed by atoms with Gasteiger partial charge in [0.1, 0.15) is 5.82 Å². The molecule has 2 aromatic carbocycles. The summed E-state index contributed by atoms with van der Waals surface area (Å²) in [6.07, 6.45) is 0. The Balaban J connectivity index is 0.00000320. The molecular formula is C23H29ClFN3O2. The molecule has 0 radical (unpaired) electrons. The zero-order chi connectivity index (χ0) is 21.0. The third kappa shape index (κ3) is 5.58. The number of piperazine rings is 1. The van der Waals surface area contributed by atoms with Gasteiger partial charge in [-0.3, -0.25) is 9.59 Å². The van der Waals surface area contributed by atoms with Crippen molar-refractivity contribution in [2.75, 3.05) is 26.7 Å². The van der Waals surface area contributed by atoms with Gasteiger partial charge in [0.25, 0.3) is 5.91 Å². The van der Waals surface area contributed by atoms with Crippen LogP contribution in [0.15, 0.2) is 48.5 Å². The molecule has 1 atom stereocenters. The number of nitrogens with zero attached hydrogens (tertiary/aromatic N) is 2. The molecule has 2 aromatic rings. The molecular weight excluding hydrogens is 405 g/mol. The van der Waals surface area contributed by atoms with E-state index >= 15 is 0 Å². The lowest BCUT2D eigenvalue weighted by atomic mass is 10.0. The molecule has 3 rings (SSSR count). The molecule has 1 aliphatic heterocycles. The van der Waals surface area contributed by atoms with E-state index in [-0.39, 0.29) is 42.0 Å². The van der Waals surface area contributed by atoms with Gasteiger partial charge < -0.3 is 15.1 Å². The third-order valence-electron chi connectivity index (χ3n) is 5.23. The Morgan fingerprint density at radius 3 is 2.53 bits per heavy atom. The Bertz CT molecular complexity index is 873. The molecule has 1 unspecified atom stereocenters. The van der Waals surface area contributed by atoms with Gasteiger partial charge >= 0.3 is 0 Å². The fourth-order valence-electron chi connectivity index (χ4n) is 3.67. The van der Waals surface area contributed by atoms with Crippen LogP contribution in [0.3, 0.4) is 0 Å². The second-order valence-electron chi connectivity index (χ2n) is 7.82. The topological polar surface area (TPSA) is 52.7 Å². The van der Waals surface area contributed by atoms with Crippen molar-refractivity contribution < 1.29 is 14.0 Å². The van der Waals surface area contributed by atoms with Gasteiger partial charge in [-0.1, -0.05) is 38.1 Å². The Kier molecular flexibility index (Phi) is 8.38. The largest absolute Gasteiger partial charge is 0.341 e. The molecule has 30 heavy (non-hydrogen) atoms. The van der Waals surface area contributed by atoms with Crippen LogP contribution in [0.2, 0.25) is 0 Å². The smallest absolute Gasteiger partial charge is 0.254 e. The molecule has 0 aromatic heterocycles. The lowest BCUT2D eigenvalue weighted by Gasteiger charge is -2.36. The fourth-order valence-corrected chi connectivity index (χ4v) is 3.67. The minimum atomic E-state index is -0.301. The van der Waals surface area contributed by atoms with Crippen LogP contribution in [0.25, 0.3) is 0 Å². The van der Waals surface area contributed by atoms with Gasteiger partial charge in [0.2, 0.25) is 5.91 Å². The maximum Gasteiger partial charge on any atom is 0.254 e. The van der Waals surface area contributed by atoms with Crippen molar-refractivity contribution in [1.82, 2.24) is 15.1 Å². The number of carbonyl (C=O) groups is 2. The first kappa shape index (κ1) is 23.8. The number of hydrogen-bond acceptors (Lipinski definition) is 3. The first-order valence-corrected chi connectivity index (χ1v) is 9.98. The first-order valence-electron chi connectivity index (χ1n) is 9.98. The quantitative estimate of drug-likeness (QED) is 0.783. The van der Waals surface area contributed by atoms with Crippen molar-refractivity contribution in [2.24, 2.45) is 5.92 Å². The molecule has 162 valence electrons. The van der Waals surface area contributed by atoms with Gasteiger partial charge in [-0.05, 0) is 35.4 Å². The van der Waals surface area contributed by atoms with Crippen LogP contribution >= 0.6 is 12.4 Å². The average molecular weight is 434 g/mol. The zero-order valence-corrected chi connectivity index (χ0v) is 18.4. The summed E-state index contributed by atoms with van der Waals surface area (Å²) in [5, 5.41) is 3.29. The predicted molar refractivity (Wildman–Crippen MR) is 118 cm³/mol. The summed E-state index contributed by atoms with van der Waals surface area (Å²) in [5.74, 6) is -0.332. The van der Waals surface area contributed by atoms with Crippen LogP contribution in [0.4, 0.5) is 4.39 Å². The van der Waals surface area contributed by atoms with Crippen LogP contribution < -0.4 is 5.32 Å². The molecule has 7 heteroatoms. The van der Waals surface area contributed by atoms with Crippen LogP contribution in [0.5, 0.6) is 0 Å². The Hall–Kier alpha value is -2.44. The van der Waals surface area contributed by atoms with E-state index in [0.29, 0.717) is 31.7 Å². The number of hydrogen-bond donors (Lipinski definition) is 1. The van der Waals surface area contributed by atoms with Gasteiger partial charge in [-0.2, -0.15) is 0 Å². The van der Waals surface area contributed by atoms with E-state index in [0.717, 1.165) is 11.1 Å². The first-order chi connectivity index (χ1) is 13.9. The highest BCUT2D eigenvalue weighted by Gasteiger charge is 2.28. The molecule has 1 N–H and O–H groups in total. The van der Waals surface area contributed by atoms with Crippen molar-refractivity contribution in [1.29, 1.82) is 0 Å². The summed E-state index contributed by atoms with van der Waals surface area (Å²) in [6.45, 7) is 6.12. The summed E-state index contributed by atoms with van der Waals surface area (Å²) in [4.78, 5) is 28.7. The molecule has 0 spiro atoms. The molecule has 1 heterocycles. The van der Waals surface area contributed by atoms with Crippen molar-refractivity contribution in [2.45, 2.75) is 26.4 Å². The van der Waals surface area contributed by atoms with E-state index < -0.39 is 0 Å². The lowest BCUT2D eigenvalue weighted by Crippen LogP contribution is -2.48. The summed E-state index contributed by atoms with van der Waals surface area (Å²) in [5.41, 5.74) is 2.35. The number of amides is 2. The third-order valence-corrected chi connectivity index (χ3v) is 5.23. The summed E-state index contributed by atoms with van der Waals surface area (Å²) in [6, 6.07) is 13.6. The number of nitrogens with one attached hydrogen (secondary N) is 1. The van der Waals surface area contributed by atoms with Gasteiger partial charge in [-0.25, -0.2) is 4.39 Å². The molecule has 1 aliphatic rings. The highest BCUT2D eigenvalue weighted by Crippen LogP contribution is 2.25. The van der Waals surface area contributed by atoms with Crippen LogP contribution in [-0.4, -0.2) is 48.3 Å².